The van der Waals surface area contributed by atoms with Crippen LogP contribution >= 0.6 is 47.0 Å². The molecule has 2 atom stereocenters. The molecule has 0 unspecified atom stereocenters. The number of thiocarbonyl (C=S) groups is 1. The van der Waals surface area contributed by atoms with Crippen molar-refractivity contribution < 1.29 is 13.9 Å². The van der Waals surface area contributed by atoms with Crippen molar-refractivity contribution in [3.05, 3.63) is 99.4 Å². The van der Waals surface area contributed by atoms with Crippen molar-refractivity contribution in [2.24, 2.45) is 0 Å². The Morgan fingerprint density at radius 2 is 1.95 bits per heavy atom. The summed E-state index contributed by atoms with van der Waals surface area (Å²) in [5, 5.41) is 7.77. The lowest BCUT2D eigenvalue weighted by molar-refractivity contribution is -0.119. The SMILES string of the molecule is COCC(=O)Nc1ccc(N2C(=S)N[C@@H](c3ccccn3)[C@H]2c2ccc(-c3cccc(Cl)c3Cl)o2)cc1Cl. The van der Waals surface area contributed by atoms with E-state index in [1.54, 1.807) is 24.4 Å². The van der Waals surface area contributed by atoms with Gasteiger partial charge in [0.1, 0.15) is 24.2 Å². The van der Waals surface area contributed by atoms with Crippen molar-refractivity contribution >= 4 is 69.4 Å². The van der Waals surface area contributed by atoms with Crippen LogP contribution in [0.3, 0.4) is 0 Å². The van der Waals surface area contributed by atoms with Gasteiger partial charge in [0.15, 0.2) is 5.11 Å². The molecule has 11 heteroatoms. The van der Waals surface area contributed by atoms with Crippen LogP contribution in [0.2, 0.25) is 15.1 Å². The van der Waals surface area contributed by atoms with Crippen LogP contribution in [0.5, 0.6) is 0 Å². The van der Waals surface area contributed by atoms with Gasteiger partial charge in [0.2, 0.25) is 5.91 Å². The number of rotatable bonds is 7. The summed E-state index contributed by atoms with van der Waals surface area (Å²) in [6, 6.07) is 19.4. The second-order valence-corrected chi connectivity index (χ2v) is 10.0. The summed E-state index contributed by atoms with van der Waals surface area (Å²) in [7, 11) is 1.45. The quantitative estimate of drug-likeness (QED) is 0.224. The van der Waals surface area contributed by atoms with Crippen LogP contribution in [-0.2, 0) is 9.53 Å². The molecule has 38 heavy (non-hydrogen) atoms. The summed E-state index contributed by atoms with van der Waals surface area (Å²) in [5.41, 5.74) is 2.64. The first-order valence-electron chi connectivity index (χ1n) is 11.5. The number of anilines is 2. The minimum absolute atomic E-state index is 0.0799. The number of hydrogen-bond donors (Lipinski definition) is 2. The smallest absolute Gasteiger partial charge is 0.250 e. The van der Waals surface area contributed by atoms with Gasteiger partial charge in [0, 0.05) is 24.6 Å². The van der Waals surface area contributed by atoms with E-state index in [0.29, 0.717) is 48.6 Å². The Morgan fingerprint density at radius 1 is 1.11 bits per heavy atom. The van der Waals surface area contributed by atoms with Crippen LogP contribution in [0.1, 0.15) is 23.5 Å². The number of amides is 1. The molecule has 1 fully saturated rings. The van der Waals surface area contributed by atoms with Gasteiger partial charge in [-0.25, -0.2) is 0 Å². The Balaban J connectivity index is 1.55. The number of carbonyl (C=O) groups is 1. The largest absolute Gasteiger partial charge is 0.459 e. The minimum atomic E-state index is -0.408. The monoisotopic (exact) mass is 586 g/mol. The normalized spacial score (nSPS) is 16.9. The molecule has 0 radical (unpaired) electrons. The van der Waals surface area contributed by atoms with Crippen LogP contribution in [0.15, 0.2) is 77.3 Å². The van der Waals surface area contributed by atoms with E-state index in [-0.39, 0.29) is 18.6 Å². The average Bonchev–Trinajstić information content (AvgIpc) is 3.52. The van der Waals surface area contributed by atoms with E-state index >= 15 is 0 Å². The molecule has 1 aliphatic heterocycles. The van der Waals surface area contributed by atoms with Crippen molar-refractivity contribution in [3.63, 3.8) is 0 Å². The topological polar surface area (TPSA) is 79.6 Å². The third kappa shape index (κ3) is 5.23. The van der Waals surface area contributed by atoms with Gasteiger partial charge in [-0.2, -0.15) is 0 Å². The van der Waals surface area contributed by atoms with Crippen LogP contribution in [0, 0.1) is 0 Å². The van der Waals surface area contributed by atoms with Gasteiger partial charge < -0.3 is 24.7 Å². The number of halogens is 3. The number of nitrogens with one attached hydrogen (secondary N) is 2. The van der Waals surface area contributed by atoms with E-state index in [1.807, 2.05) is 53.4 Å². The fourth-order valence-electron chi connectivity index (χ4n) is 4.35. The number of pyridine rings is 1. The molecule has 2 aromatic heterocycles. The average molecular weight is 588 g/mol. The van der Waals surface area contributed by atoms with Gasteiger partial charge in [-0.05, 0) is 66.8 Å². The number of ether oxygens (including phenoxy) is 1. The molecule has 0 bridgehead atoms. The van der Waals surface area contributed by atoms with Crippen molar-refractivity contribution in [2.75, 3.05) is 23.9 Å². The van der Waals surface area contributed by atoms with Gasteiger partial charge in [-0.15, -0.1) is 0 Å². The predicted molar refractivity (Wildman–Crippen MR) is 154 cm³/mol. The number of hydrogen-bond acceptors (Lipinski definition) is 5. The third-order valence-electron chi connectivity index (χ3n) is 6.01. The van der Waals surface area contributed by atoms with E-state index in [1.165, 1.54) is 7.11 Å². The summed E-state index contributed by atoms with van der Waals surface area (Å²) in [4.78, 5) is 18.5. The molecule has 5 rings (SSSR count). The van der Waals surface area contributed by atoms with E-state index in [4.69, 9.17) is 56.2 Å². The van der Waals surface area contributed by atoms with E-state index in [9.17, 15) is 4.79 Å². The highest BCUT2D eigenvalue weighted by Gasteiger charge is 2.42. The van der Waals surface area contributed by atoms with E-state index < -0.39 is 6.04 Å². The minimum Gasteiger partial charge on any atom is -0.459 e. The second-order valence-electron chi connectivity index (χ2n) is 8.45. The maximum atomic E-state index is 12.0. The zero-order valence-electron chi connectivity index (χ0n) is 20.0. The van der Waals surface area contributed by atoms with Crippen LogP contribution in [0.25, 0.3) is 11.3 Å². The first kappa shape index (κ1) is 26.5. The van der Waals surface area contributed by atoms with Crippen molar-refractivity contribution in [3.8, 4) is 11.3 Å². The Morgan fingerprint density at radius 3 is 2.68 bits per heavy atom. The van der Waals surface area contributed by atoms with Gasteiger partial charge in [-0.3, -0.25) is 9.78 Å². The Bertz CT molecular complexity index is 1500. The molecular weight excluding hydrogens is 567 g/mol. The molecule has 4 aromatic rings. The standard InChI is InChI=1S/C27H21Cl3N4O3S/c1-36-14-23(35)32-19-9-8-15(13-18(19)29)34-26(25(33-27(34)38)20-7-2-3-12-31-20)22-11-10-21(37-22)16-5-4-6-17(28)24(16)30/h2-13,25-26H,14H2,1H3,(H,32,35)(H,33,38)/t25-,26+/m0/s1. The van der Waals surface area contributed by atoms with Crippen molar-refractivity contribution in [1.29, 1.82) is 0 Å². The number of nitrogens with zero attached hydrogens (tertiary/aromatic N) is 2. The highest BCUT2D eigenvalue weighted by molar-refractivity contribution is 7.80. The molecule has 2 aromatic carbocycles. The van der Waals surface area contributed by atoms with Gasteiger partial charge in [0.05, 0.1) is 32.5 Å². The van der Waals surface area contributed by atoms with E-state index in [2.05, 4.69) is 15.6 Å². The molecule has 1 aliphatic rings. The van der Waals surface area contributed by atoms with Gasteiger partial charge in [0.25, 0.3) is 0 Å². The summed E-state index contributed by atoms with van der Waals surface area (Å²) in [5.74, 6) is 0.892. The Labute approximate surface area is 239 Å². The predicted octanol–water partition coefficient (Wildman–Crippen LogP) is 7.06. The number of furan rings is 1. The molecule has 2 N–H and O–H groups in total. The molecule has 3 heterocycles. The summed E-state index contributed by atoms with van der Waals surface area (Å²) < 4.78 is 11.2. The lowest BCUT2D eigenvalue weighted by Gasteiger charge is -2.26. The third-order valence-corrected chi connectivity index (χ3v) is 7.46. The number of methoxy groups -OCH3 is 1. The number of carbonyl (C=O) groups excluding carboxylic acids is 1. The molecule has 7 nitrogen and oxygen atoms in total. The van der Waals surface area contributed by atoms with Crippen molar-refractivity contribution in [2.45, 2.75) is 12.1 Å². The van der Waals surface area contributed by atoms with Crippen molar-refractivity contribution in [1.82, 2.24) is 10.3 Å². The van der Waals surface area contributed by atoms with Crippen LogP contribution < -0.4 is 15.5 Å². The fourth-order valence-corrected chi connectivity index (χ4v) is 5.31. The lowest BCUT2D eigenvalue weighted by Crippen LogP contribution is -2.29. The molecule has 0 aliphatic carbocycles. The van der Waals surface area contributed by atoms with Gasteiger partial charge in [-0.1, -0.05) is 46.9 Å². The molecule has 0 spiro atoms. The van der Waals surface area contributed by atoms with Gasteiger partial charge >= 0.3 is 0 Å². The second kappa shape index (κ2) is 11.3. The highest BCUT2D eigenvalue weighted by Crippen LogP contribution is 2.44. The van der Waals surface area contributed by atoms with E-state index in [0.717, 1.165) is 5.69 Å². The first-order valence-corrected chi connectivity index (χ1v) is 13.0. The number of benzene rings is 2. The lowest BCUT2D eigenvalue weighted by atomic mass is 10.0. The molecule has 0 saturated carbocycles. The maximum Gasteiger partial charge on any atom is 0.250 e. The maximum absolute atomic E-state index is 12.0. The molecular formula is C27H21Cl3N4O3S. The highest BCUT2D eigenvalue weighted by atomic mass is 35.5. The Hall–Kier alpha value is -3.14. The Kier molecular flexibility index (Phi) is 7.88. The first-order chi connectivity index (χ1) is 18.4. The summed E-state index contributed by atoms with van der Waals surface area (Å²) in [6.07, 6.45) is 1.73. The van der Waals surface area contributed by atoms with Crippen LogP contribution in [0.4, 0.5) is 11.4 Å². The fraction of sp³-hybridized carbons (Fsp3) is 0.148. The zero-order valence-corrected chi connectivity index (χ0v) is 23.0. The summed E-state index contributed by atoms with van der Waals surface area (Å²) >= 11 is 25.0. The number of aromatic nitrogens is 1. The summed E-state index contributed by atoms with van der Waals surface area (Å²) in [6.45, 7) is -0.0799. The molecule has 1 amide bonds. The molecule has 194 valence electrons. The molecule has 1 saturated heterocycles. The zero-order chi connectivity index (χ0) is 26.8. The van der Waals surface area contributed by atoms with Crippen LogP contribution in [-0.4, -0.2) is 29.7 Å².